The first-order chi connectivity index (χ1) is 8.85. The minimum absolute atomic E-state index is 0.512. The second-order valence-electron chi connectivity index (χ2n) is 3.44. The van der Waals surface area contributed by atoms with E-state index in [9.17, 15) is 0 Å². The van der Waals surface area contributed by atoms with Crippen LogP contribution >= 0.6 is 34.4 Å². The maximum atomic E-state index is 5.03. The van der Waals surface area contributed by atoms with E-state index in [1.807, 2.05) is 18.2 Å². The summed E-state index contributed by atoms with van der Waals surface area (Å²) in [7, 11) is 1.65. The van der Waals surface area contributed by atoms with Crippen LogP contribution in [0.25, 0.3) is 10.2 Å². The molecule has 0 saturated heterocycles. The van der Waals surface area contributed by atoms with Gasteiger partial charge in [-0.05, 0) is 23.9 Å². The van der Waals surface area contributed by atoms with Crippen LogP contribution in [0.1, 0.15) is 5.01 Å². The van der Waals surface area contributed by atoms with Crippen molar-refractivity contribution in [2.24, 2.45) is 0 Å². The molecule has 0 N–H and O–H groups in total. The van der Waals surface area contributed by atoms with Crippen molar-refractivity contribution in [1.29, 1.82) is 0 Å². The molecular weight excluding hydrogens is 286 g/mol. The van der Waals surface area contributed by atoms with Gasteiger partial charge in [-0.25, -0.2) is 4.98 Å². The van der Waals surface area contributed by atoms with Gasteiger partial charge in [0, 0.05) is 7.11 Å². The lowest BCUT2D eigenvalue weighted by Gasteiger charge is -1.88. The summed E-state index contributed by atoms with van der Waals surface area (Å²) in [6.45, 7) is 0.512. The van der Waals surface area contributed by atoms with Crippen LogP contribution in [0.2, 0.25) is 0 Å². The molecule has 0 aliphatic carbocycles. The zero-order valence-corrected chi connectivity index (χ0v) is 11.9. The Bertz CT molecular complexity index is 631. The van der Waals surface area contributed by atoms with Gasteiger partial charge in [0.15, 0.2) is 8.68 Å². The van der Waals surface area contributed by atoms with Crippen LogP contribution in [0.15, 0.2) is 32.9 Å². The van der Waals surface area contributed by atoms with E-state index in [-0.39, 0.29) is 0 Å². The number of hydrogen-bond donors (Lipinski definition) is 0. The predicted octanol–water partition coefficient (Wildman–Crippen LogP) is 3.45. The lowest BCUT2D eigenvalue weighted by atomic mass is 10.3. The van der Waals surface area contributed by atoms with E-state index in [1.54, 1.807) is 41.5 Å². The molecule has 0 bridgehead atoms. The molecule has 2 aromatic heterocycles. The fourth-order valence-corrected chi connectivity index (χ4v) is 4.57. The summed E-state index contributed by atoms with van der Waals surface area (Å²) >= 11 is 4.78. The van der Waals surface area contributed by atoms with E-state index in [2.05, 4.69) is 21.2 Å². The quantitative estimate of drug-likeness (QED) is 0.738. The summed E-state index contributed by atoms with van der Waals surface area (Å²) < 4.78 is 8.12. The molecule has 3 aromatic rings. The van der Waals surface area contributed by atoms with E-state index in [1.165, 1.54) is 4.70 Å². The molecule has 0 atom stereocenters. The van der Waals surface area contributed by atoms with Crippen molar-refractivity contribution < 1.29 is 4.74 Å². The van der Waals surface area contributed by atoms with Gasteiger partial charge in [-0.3, -0.25) is 0 Å². The minimum atomic E-state index is 0.512. The molecule has 0 radical (unpaired) electrons. The van der Waals surface area contributed by atoms with Crippen LogP contribution in [-0.2, 0) is 11.3 Å². The highest BCUT2D eigenvalue weighted by atomic mass is 32.2. The first kappa shape index (κ1) is 12.0. The Morgan fingerprint density at radius 1 is 1.17 bits per heavy atom. The molecular formula is C11H9N3OS3. The minimum Gasteiger partial charge on any atom is -0.377 e. The smallest absolute Gasteiger partial charge is 0.181 e. The molecule has 0 saturated carbocycles. The zero-order valence-electron chi connectivity index (χ0n) is 9.49. The Hall–Kier alpha value is -1.02. The highest BCUT2D eigenvalue weighted by Crippen LogP contribution is 2.35. The van der Waals surface area contributed by atoms with Crippen LogP contribution < -0.4 is 0 Å². The molecule has 0 spiro atoms. The molecule has 4 nitrogen and oxygen atoms in total. The Labute approximate surface area is 116 Å². The van der Waals surface area contributed by atoms with Gasteiger partial charge in [0.05, 0.1) is 16.8 Å². The molecule has 2 heterocycles. The van der Waals surface area contributed by atoms with Crippen molar-refractivity contribution in [3.8, 4) is 0 Å². The molecule has 1 aromatic carbocycles. The SMILES string of the molecule is COCc1nnc(Sc2nc3ccccc3s2)s1. The number of nitrogens with zero attached hydrogens (tertiary/aromatic N) is 3. The molecule has 0 amide bonds. The first-order valence-electron chi connectivity index (χ1n) is 5.20. The van der Waals surface area contributed by atoms with Crippen molar-refractivity contribution in [1.82, 2.24) is 15.2 Å². The molecule has 0 fully saturated rings. The van der Waals surface area contributed by atoms with Crippen molar-refractivity contribution >= 4 is 44.7 Å². The van der Waals surface area contributed by atoms with Crippen molar-refractivity contribution in [3.63, 3.8) is 0 Å². The number of hydrogen-bond acceptors (Lipinski definition) is 7. The molecule has 7 heteroatoms. The number of fused-ring (bicyclic) bond motifs is 1. The summed E-state index contributed by atoms with van der Waals surface area (Å²) in [5.41, 5.74) is 1.03. The van der Waals surface area contributed by atoms with E-state index in [4.69, 9.17) is 4.74 Å². The van der Waals surface area contributed by atoms with Gasteiger partial charge in [0.25, 0.3) is 0 Å². The maximum absolute atomic E-state index is 5.03. The van der Waals surface area contributed by atoms with E-state index in [0.29, 0.717) is 6.61 Å². The molecule has 0 aliphatic heterocycles. The van der Waals surface area contributed by atoms with Crippen LogP contribution in [0.4, 0.5) is 0 Å². The van der Waals surface area contributed by atoms with Crippen LogP contribution in [0.3, 0.4) is 0 Å². The topological polar surface area (TPSA) is 47.9 Å². The zero-order chi connectivity index (χ0) is 12.4. The summed E-state index contributed by atoms with van der Waals surface area (Å²) in [6, 6.07) is 8.12. The van der Waals surface area contributed by atoms with Gasteiger partial charge in [-0.1, -0.05) is 23.5 Å². The van der Waals surface area contributed by atoms with Crippen LogP contribution in [-0.4, -0.2) is 22.3 Å². The summed E-state index contributed by atoms with van der Waals surface area (Å²) in [5.74, 6) is 0. The number of methoxy groups -OCH3 is 1. The normalized spacial score (nSPS) is 11.2. The summed E-state index contributed by atoms with van der Waals surface area (Å²) in [5, 5.41) is 9.06. The second-order valence-corrected chi connectivity index (χ2v) is 7.03. The fraction of sp³-hybridized carbons (Fsp3) is 0.182. The Balaban J connectivity index is 1.82. The highest BCUT2D eigenvalue weighted by molar-refractivity contribution is 8.02. The van der Waals surface area contributed by atoms with Gasteiger partial charge < -0.3 is 4.74 Å². The first-order valence-corrected chi connectivity index (χ1v) is 7.65. The average molecular weight is 295 g/mol. The Morgan fingerprint density at radius 3 is 2.89 bits per heavy atom. The van der Waals surface area contributed by atoms with E-state index >= 15 is 0 Å². The monoisotopic (exact) mass is 295 g/mol. The summed E-state index contributed by atoms with van der Waals surface area (Å²) in [4.78, 5) is 4.55. The molecule has 92 valence electrons. The summed E-state index contributed by atoms with van der Waals surface area (Å²) in [6.07, 6.45) is 0. The van der Waals surface area contributed by atoms with Crippen molar-refractivity contribution in [2.75, 3.05) is 7.11 Å². The number of thiazole rings is 1. The number of para-hydroxylation sites is 1. The third kappa shape index (κ3) is 2.54. The van der Waals surface area contributed by atoms with Gasteiger partial charge >= 0.3 is 0 Å². The fourth-order valence-electron chi connectivity index (χ4n) is 1.43. The van der Waals surface area contributed by atoms with Gasteiger partial charge in [-0.2, -0.15) is 0 Å². The lowest BCUT2D eigenvalue weighted by Crippen LogP contribution is -1.84. The number of rotatable bonds is 4. The number of ether oxygens (including phenoxy) is 1. The van der Waals surface area contributed by atoms with Gasteiger partial charge in [0.2, 0.25) is 0 Å². The van der Waals surface area contributed by atoms with E-state index < -0.39 is 0 Å². The van der Waals surface area contributed by atoms with Crippen molar-refractivity contribution in [3.05, 3.63) is 29.3 Å². The van der Waals surface area contributed by atoms with Crippen LogP contribution in [0.5, 0.6) is 0 Å². The highest BCUT2D eigenvalue weighted by Gasteiger charge is 2.09. The molecule has 0 unspecified atom stereocenters. The lowest BCUT2D eigenvalue weighted by molar-refractivity contribution is 0.184. The molecule has 18 heavy (non-hydrogen) atoms. The van der Waals surface area contributed by atoms with Gasteiger partial charge in [0.1, 0.15) is 5.01 Å². The number of aromatic nitrogens is 3. The van der Waals surface area contributed by atoms with Gasteiger partial charge in [-0.15, -0.1) is 21.5 Å². The predicted molar refractivity (Wildman–Crippen MR) is 74.4 cm³/mol. The third-order valence-electron chi connectivity index (χ3n) is 2.17. The largest absolute Gasteiger partial charge is 0.377 e. The van der Waals surface area contributed by atoms with Crippen molar-refractivity contribution in [2.45, 2.75) is 15.3 Å². The van der Waals surface area contributed by atoms with Crippen LogP contribution in [0, 0.1) is 0 Å². The molecule has 0 aliphatic rings. The van der Waals surface area contributed by atoms with E-state index in [0.717, 1.165) is 19.2 Å². The molecule has 3 rings (SSSR count). The Morgan fingerprint density at radius 2 is 2.06 bits per heavy atom. The second kappa shape index (κ2) is 5.31. The third-order valence-corrected chi connectivity index (χ3v) is 5.21. The number of benzene rings is 1. The average Bonchev–Trinajstić information content (AvgIpc) is 2.96. The Kier molecular flexibility index (Phi) is 3.55. The maximum Gasteiger partial charge on any atom is 0.181 e. The standard InChI is InChI=1S/C11H9N3OS3/c1-15-6-9-13-14-11(17-9)18-10-12-7-4-2-3-5-8(7)16-10/h2-5H,6H2,1H3.